The number of rotatable bonds is 8. The number of alkyl halides is 3. The van der Waals surface area contributed by atoms with Gasteiger partial charge in [0, 0.05) is 32.3 Å². The van der Waals surface area contributed by atoms with E-state index in [4.69, 9.17) is 13.9 Å². The minimum absolute atomic E-state index is 0.168. The third kappa shape index (κ3) is 4.40. The molecule has 2 unspecified atom stereocenters. The van der Waals surface area contributed by atoms with Crippen molar-refractivity contribution >= 4 is 12.0 Å². The fourth-order valence-electron chi connectivity index (χ4n) is 2.90. The number of benzene rings is 1. The summed E-state index contributed by atoms with van der Waals surface area (Å²) in [6.07, 6.45) is -4.15. The summed E-state index contributed by atoms with van der Waals surface area (Å²) in [6.45, 7) is 4.25. The molecule has 0 aliphatic carbocycles. The first kappa shape index (κ1) is 22.8. The van der Waals surface area contributed by atoms with Crippen LogP contribution in [-0.4, -0.2) is 50.3 Å². The van der Waals surface area contributed by atoms with Gasteiger partial charge in [-0.1, -0.05) is 0 Å². The zero-order valence-corrected chi connectivity index (χ0v) is 16.9. The Kier molecular flexibility index (Phi) is 6.97. The van der Waals surface area contributed by atoms with Crippen LogP contribution in [0.1, 0.15) is 29.9 Å². The van der Waals surface area contributed by atoms with E-state index < -0.39 is 23.4 Å². The van der Waals surface area contributed by atoms with Crippen LogP contribution in [0.2, 0.25) is 0 Å². The second-order valence-corrected chi connectivity index (χ2v) is 6.55. The minimum atomic E-state index is -5.09. The lowest BCUT2D eigenvalue weighted by atomic mass is 9.84. The van der Waals surface area contributed by atoms with Gasteiger partial charge in [0.25, 0.3) is 0 Å². The summed E-state index contributed by atoms with van der Waals surface area (Å²) in [7, 11) is 4.12. The van der Waals surface area contributed by atoms with Crippen molar-refractivity contribution < 1.29 is 32.2 Å². The highest BCUT2D eigenvalue weighted by Crippen LogP contribution is 2.52. The van der Waals surface area contributed by atoms with Gasteiger partial charge >= 0.3 is 6.18 Å². The van der Waals surface area contributed by atoms with E-state index in [2.05, 4.69) is 4.99 Å². The molecule has 1 aromatic carbocycles. The highest BCUT2D eigenvalue weighted by atomic mass is 19.4. The van der Waals surface area contributed by atoms with Crippen LogP contribution in [0.4, 0.5) is 18.9 Å². The van der Waals surface area contributed by atoms with Gasteiger partial charge in [0.1, 0.15) is 11.5 Å². The smallest absolute Gasteiger partial charge is 0.424 e. The SMILES string of the molecule is CCN(C)C=Nc1cc(OC)c(C(O)(C(OC)c2ccco2)C(F)(F)F)cc1C. The molecule has 160 valence electrons. The minimum Gasteiger partial charge on any atom is -0.496 e. The van der Waals surface area contributed by atoms with Crippen molar-refractivity contribution in [1.29, 1.82) is 0 Å². The molecule has 9 heteroatoms. The lowest BCUT2D eigenvalue weighted by molar-refractivity contribution is -0.306. The van der Waals surface area contributed by atoms with Crippen LogP contribution >= 0.6 is 0 Å². The van der Waals surface area contributed by atoms with Crippen LogP contribution in [0, 0.1) is 6.92 Å². The van der Waals surface area contributed by atoms with Gasteiger partial charge in [-0.15, -0.1) is 0 Å². The molecule has 1 heterocycles. The van der Waals surface area contributed by atoms with E-state index >= 15 is 0 Å². The Morgan fingerprint density at radius 1 is 1.31 bits per heavy atom. The number of ether oxygens (including phenoxy) is 2. The molecule has 0 aliphatic rings. The van der Waals surface area contributed by atoms with Gasteiger partial charge in [-0.25, -0.2) is 4.99 Å². The molecule has 6 nitrogen and oxygen atoms in total. The van der Waals surface area contributed by atoms with Gasteiger partial charge in [-0.05, 0) is 37.6 Å². The molecule has 0 amide bonds. The molecule has 0 aliphatic heterocycles. The number of hydrogen-bond donors (Lipinski definition) is 1. The second-order valence-electron chi connectivity index (χ2n) is 6.55. The maximum absolute atomic E-state index is 14.2. The summed E-state index contributed by atoms with van der Waals surface area (Å²) in [5.74, 6) is -0.339. The summed E-state index contributed by atoms with van der Waals surface area (Å²) in [5.41, 5.74) is -3.06. The van der Waals surface area contributed by atoms with Gasteiger partial charge in [-0.3, -0.25) is 0 Å². The van der Waals surface area contributed by atoms with Crippen molar-refractivity contribution in [3.63, 3.8) is 0 Å². The summed E-state index contributed by atoms with van der Waals surface area (Å²) < 4.78 is 58.0. The molecule has 1 aromatic heterocycles. The van der Waals surface area contributed by atoms with Crippen LogP contribution in [0.25, 0.3) is 0 Å². The van der Waals surface area contributed by atoms with Gasteiger partial charge < -0.3 is 23.9 Å². The van der Waals surface area contributed by atoms with Crippen molar-refractivity contribution in [3.05, 3.63) is 47.4 Å². The van der Waals surface area contributed by atoms with Gasteiger partial charge in [0.15, 0.2) is 6.10 Å². The number of nitrogens with zero attached hydrogens (tertiary/aromatic N) is 2. The number of furan rings is 1. The third-order valence-electron chi connectivity index (χ3n) is 4.67. The molecule has 0 radical (unpaired) electrons. The number of aliphatic imine (C=N–C) groups is 1. The molecule has 0 spiro atoms. The van der Waals surface area contributed by atoms with Crippen molar-refractivity contribution in [2.24, 2.45) is 4.99 Å². The van der Waals surface area contributed by atoms with Gasteiger partial charge in [-0.2, -0.15) is 13.2 Å². The average molecular weight is 414 g/mol. The zero-order chi connectivity index (χ0) is 21.8. The molecule has 1 N–H and O–H groups in total. The fourth-order valence-corrected chi connectivity index (χ4v) is 2.90. The third-order valence-corrected chi connectivity index (χ3v) is 4.67. The highest BCUT2D eigenvalue weighted by molar-refractivity contribution is 5.65. The predicted molar refractivity (Wildman–Crippen MR) is 103 cm³/mol. The molecule has 29 heavy (non-hydrogen) atoms. The maximum atomic E-state index is 14.2. The average Bonchev–Trinajstić information content (AvgIpc) is 3.20. The Morgan fingerprint density at radius 2 is 2.00 bits per heavy atom. The summed E-state index contributed by atoms with van der Waals surface area (Å²) in [6, 6.07) is 5.29. The second kappa shape index (κ2) is 8.87. The first-order valence-electron chi connectivity index (χ1n) is 8.88. The largest absolute Gasteiger partial charge is 0.496 e. The monoisotopic (exact) mass is 414 g/mol. The topological polar surface area (TPSA) is 67.4 Å². The van der Waals surface area contributed by atoms with Crippen LogP contribution in [0.3, 0.4) is 0 Å². The van der Waals surface area contributed by atoms with Gasteiger partial charge in [0.05, 0.1) is 25.4 Å². The Hall–Kier alpha value is -2.52. The normalized spacial score (nSPS) is 15.3. The quantitative estimate of drug-likeness (QED) is 0.514. The molecule has 0 fully saturated rings. The van der Waals surface area contributed by atoms with Crippen molar-refractivity contribution in [2.75, 3.05) is 27.8 Å². The van der Waals surface area contributed by atoms with Crippen LogP contribution in [0.5, 0.6) is 5.75 Å². The van der Waals surface area contributed by atoms with Gasteiger partial charge in [0.2, 0.25) is 5.60 Å². The van der Waals surface area contributed by atoms with E-state index in [0.717, 1.165) is 7.11 Å². The molecular formula is C20H25F3N2O4. The first-order valence-corrected chi connectivity index (χ1v) is 8.88. The van der Waals surface area contributed by atoms with Crippen LogP contribution in [0.15, 0.2) is 39.9 Å². The van der Waals surface area contributed by atoms with Crippen molar-refractivity contribution in [3.8, 4) is 5.75 Å². The number of aliphatic hydroxyl groups is 1. The van der Waals surface area contributed by atoms with E-state index in [1.165, 1.54) is 37.6 Å². The van der Waals surface area contributed by atoms with E-state index in [1.807, 2.05) is 18.9 Å². The Balaban J connectivity index is 2.68. The van der Waals surface area contributed by atoms with E-state index in [9.17, 15) is 18.3 Å². The Morgan fingerprint density at radius 3 is 2.48 bits per heavy atom. The van der Waals surface area contributed by atoms with E-state index in [0.29, 0.717) is 17.8 Å². The number of aryl methyl sites for hydroxylation is 1. The molecule has 0 saturated heterocycles. The number of halogens is 3. The lowest BCUT2D eigenvalue weighted by Crippen LogP contribution is -2.48. The number of methoxy groups -OCH3 is 2. The fraction of sp³-hybridized carbons (Fsp3) is 0.450. The molecule has 2 rings (SSSR count). The highest BCUT2D eigenvalue weighted by Gasteiger charge is 2.63. The predicted octanol–water partition coefficient (Wildman–Crippen LogP) is 4.35. The molecular weight excluding hydrogens is 389 g/mol. The lowest BCUT2D eigenvalue weighted by Gasteiger charge is -2.37. The summed E-state index contributed by atoms with van der Waals surface area (Å²) in [4.78, 5) is 6.10. The molecule has 0 bridgehead atoms. The standard InChI is InChI=1S/C20H25F3N2O4/c1-6-25(3)12-24-15-11-17(27-4)14(10-13(15)2)19(26,20(21,22)23)18(28-5)16-8-7-9-29-16/h7-12,18,26H,6H2,1-5H3. The molecule has 2 aromatic rings. The Bertz CT molecular complexity index is 837. The van der Waals surface area contributed by atoms with Crippen molar-refractivity contribution in [1.82, 2.24) is 4.90 Å². The summed E-state index contributed by atoms with van der Waals surface area (Å²) in [5, 5.41) is 11.0. The maximum Gasteiger partial charge on any atom is 0.424 e. The summed E-state index contributed by atoms with van der Waals surface area (Å²) >= 11 is 0. The van der Waals surface area contributed by atoms with Crippen LogP contribution in [-0.2, 0) is 10.3 Å². The Labute approximate surface area is 167 Å². The van der Waals surface area contributed by atoms with E-state index in [1.54, 1.807) is 13.3 Å². The molecule has 0 saturated carbocycles. The zero-order valence-electron chi connectivity index (χ0n) is 16.9. The molecule has 2 atom stereocenters. The number of hydrogen-bond acceptors (Lipinski definition) is 5. The van der Waals surface area contributed by atoms with E-state index in [-0.39, 0.29) is 11.5 Å². The van der Waals surface area contributed by atoms with Crippen molar-refractivity contribution in [2.45, 2.75) is 31.7 Å². The first-order chi connectivity index (χ1) is 13.6. The van der Waals surface area contributed by atoms with Crippen LogP contribution < -0.4 is 4.74 Å².